The third-order valence-electron chi connectivity index (χ3n) is 4.59. The first-order chi connectivity index (χ1) is 15.1. The van der Waals surface area contributed by atoms with E-state index >= 15 is 0 Å². The zero-order valence-corrected chi connectivity index (χ0v) is 18.5. The van der Waals surface area contributed by atoms with E-state index in [9.17, 15) is 4.79 Å². The van der Waals surface area contributed by atoms with Gasteiger partial charge in [0, 0.05) is 11.1 Å². The number of rotatable bonds is 8. The molecule has 1 aliphatic heterocycles. The largest absolute Gasteiger partial charge is 0.490 e. The van der Waals surface area contributed by atoms with E-state index in [1.54, 1.807) is 12.1 Å². The summed E-state index contributed by atoms with van der Waals surface area (Å²) in [4.78, 5) is 18.6. The molecule has 0 bridgehead atoms. The van der Waals surface area contributed by atoms with E-state index in [4.69, 9.17) is 18.9 Å². The fraction of sp³-hybridized carbons (Fsp3) is 0.304. The average Bonchev–Trinajstić information content (AvgIpc) is 3.19. The van der Waals surface area contributed by atoms with Crippen molar-refractivity contribution in [3.05, 3.63) is 46.8 Å². The topological polar surface area (TPSA) is 78.9 Å². The van der Waals surface area contributed by atoms with Crippen LogP contribution in [0.1, 0.15) is 36.0 Å². The Bertz CT molecular complexity index is 1070. The summed E-state index contributed by atoms with van der Waals surface area (Å²) in [7, 11) is 0. The zero-order valence-electron chi connectivity index (χ0n) is 17.7. The number of fused-ring (bicyclic) bond motifs is 3. The Balaban J connectivity index is 1.63. The Hall–Kier alpha value is -3.26. The van der Waals surface area contributed by atoms with Gasteiger partial charge in [-0.1, -0.05) is 23.5 Å². The van der Waals surface area contributed by atoms with Crippen LogP contribution in [0.25, 0.3) is 11.3 Å². The molecule has 3 aromatic rings. The SMILES string of the molecule is CCOc1cc(C(=O)Nc2nc3c(s2)COc2ccccc2-3)cc(OCC)c1OCC. The van der Waals surface area contributed by atoms with Crippen LogP contribution in [-0.2, 0) is 6.61 Å². The van der Waals surface area contributed by atoms with E-state index in [0.29, 0.717) is 54.4 Å². The van der Waals surface area contributed by atoms with Crippen molar-refractivity contribution in [1.82, 2.24) is 4.98 Å². The molecule has 4 rings (SSSR count). The van der Waals surface area contributed by atoms with Gasteiger partial charge in [0.05, 0.1) is 30.4 Å². The number of anilines is 1. The van der Waals surface area contributed by atoms with Crippen molar-refractivity contribution < 1.29 is 23.7 Å². The minimum atomic E-state index is -0.301. The summed E-state index contributed by atoms with van der Waals surface area (Å²) in [6.07, 6.45) is 0. The number of carbonyl (C=O) groups excluding carboxylic acids is 1. The molecule has 0 saturated carbocycles. The van der Waals surface area contributed by atoms with Gasteiger partial charge in [0.1, 0.15) is 12.4 Å². The molecular formula is C23H24N2O5S. The molecule has 31 heavy (non-hydrogen) atoms. The highest BCUT2D eigenvalue weighted by Gasteiger charge is 2.24. The predicted molar refractivity (Wildman–Crippen MR) is 120 cm³/mol. The Labute approximate surface area is 184 Å². The van der Waals surface area contributed by atoms with Crippen molar-refractivity contribution in [2.45, 2.75) is 27.4 Å². The second kappa shape index (κ2) is 9.26. The summed E-state index contributed by atoms with van der Waals surface area (Å²) in [5.74, 6) is 1.95. The Morgan fingerprint density at radius 2 is 1.74 bits per heavy atom. The molecular weight excluding hydrogens is 416 g/mol. The third-order valence-corrected chi connectivity index (χ3v) is 5.53. The number of nitrogens with one attached hydrogen (secondary N) is 1. The maximum Gasteiger partial charge on any atom is 0.257 e. The lowest BCUT2D eigenvalue weighted by atomic mass is 10.1. The van der Waals surface area contributed by atoms with Crippen LogP contribution in [0.2, 0.25) is 0 Å². The highest BCUT2D eigenvalue weighted by atomic mass is 32.1. The van der Waals surface area contributed by atoms with E-state index in [2.05, 4.69) is 10.3 Å². The molecule has 1 aromatic heterocycles. The molecule has 7 nitrogen and oxygen atoms in total. The normalized spacial score (nSPS) is 11.7. The van der Waals surface area contributed by atoms with Crippen molar-refractivity contribution in [3.8, 4) is 34.3 Å². The molecule has 0 radical (unpaired) electrons. The first-order valence-corrected chi connectivity index (χ1v) is 11.1. The van der Waals surface area contributed by atoms with Crippen LogP contribution in [0.4, 0.5) is 5.13 Å². The van der Waals surface area contributed by atoms with Crippen LogP contribution in [0.15, 0.2) is 36.4 Å². The molecule has 2 heterocycles. The predicted octanol–water partition coefficient (Wildman–Crippen LogP) is 5.15. The summed E-state index contributed by atoms with van der Waals surface area (Å²) in [5.41, 5.74) is 2.18. The van der Waals surface area contributed by atoms with Crippen LogP contribution >= 0.6 is 11.3 Å². The monoisotopic (exact) mass is 440 g/mol. The van der Waals surface area contributed by atoms with Gasteiger partial charge < -0.3 is 18.9 Å². The van der Waals surface area contributed by atoms with Gasteiger partial charge in [-0.05, 0) is 45.0 Å². The third kappa shape index (κ3) is 4.29. The number of para-hydroxylation sites is 1. The number of nitrogens with zero attached hydrogens (tertiary/aromatic N) is 1. The van der Waals surface area contributed by atoms with Gasteiger partial charge in [-0.15, -0.1) is 0 Å². The highest BCUT2D eigenvalue weighted by Crippen LogP contribution is 2.42. The van der Waals surface area contributed by atoms with Crippen molar-refractivity contribution in [1.29, 1.82) is 0 Å². The first kappa shape index (κ1) is 21.0. The van der Waals surface area contributed by atoms with Crippen LogP contribution in [0.3, 0.4) is 0 Å². The molecule has 0 atom stereocenters. The molecule has 2 aromatic carbocycles. The van der Waals surface area contributed by atoms with E-state index in [0.717, 1.165) is 21.9 Å². The molecule has 1 N–H and O–H groups in total. The number of benzene rings is 2. The molecule has 0 saturated heterocycles. The molecule has 0 aliphatic carbocycles. The number of amides is 1. The van der Waals surface area contributed by atoms with Crippen LogP contribution in [-0.4, -0.2) is 30.7 Å². The average molecular weight is 441 g/mol. The first-order valence-electron chi connectivity index (χ1n) is 10.2. The number of hydrogen-bond acceptors (Lipinski definition) is 7. The van der Waals surface area contributed by atoms with Crippen molar-refractivity contribution >= 4 is 22.4 Å². The van der Waals surface area contributed by atoms with Gasteiger partial charge in [-0.3, -0.25) is 10.1 Å². The van der Waals surface area contributed by atoms with Gasteiger partial charge >= 0.3 is 0 Å². The van der Waals surface area contributed by atoms with Crippen LogP contribution < -0.4 is 24.3 Å². The summed E-state index contributed by atoms with van der Waals surface area (Å²) in [6, 6.07) is 11.1. The minimum absolute atomic E-state index is 0.301. The molecule has 8 heteroatoms. The second-order valence-electron chi connectivity index (χ2n) is 6.63. The Morgan fingerprint density at radius 3 is 2.42 bits per heavy atom. The zero-order chi connectivity index (χ0) is 21.8. The summed E-state index contributed by atoms with van der Waals surface area (Å²) >= 11 is 1.41. The fourth-order valence-corrected chi connectivity index (χ4v) is 4.22. The van der Waals surface area contributed by atoms with E-state index < -0.39 is 0 Å². The smallest absolute Gasteiger partial charge is 0.257 e. The van der Waals surface area contributed by atoms with Gasteiger partial charge in [0.15, 0.2) is 16.6 Å². The number of thiazole rings is 1. The number of ether oxygens (including phenoxy) is 4. The van der Waals surface area contributed by atoms with Gasteiger partial charge in [0.25, 0.3) is 5.91 Å². The fourth-order valence-electron chi connectivity index (χ4n) is 3.33. The summed E-state index contributed by atoms with van der Waals surface area (Å²) < 4.78 is 22.9. The van der Waals surface area contributed by atoms with Gasteiger partial charge in [-0.25, -0.2) is 4.98 Å². The van der Waals surface area contributed by atoms with E-state index in [-0.39, 0.29) is 5.91 Å². The van der Waals surface area contributed by atoms with Gasteiger partial charge in [0.2, 0.25) is 5.75 Å². The Kier molecular flexibility index (Phi) is 6.27. The lowest BCUT2D eigenvalue weighted by Crippen LogP contribution is -2.13. The summed E-state index contributed by atoms with van der Waals surface area (Å²) in [6.45, 7) is 7.42. The quantitative estimate of drug-likeness (QED) is 0.522. The highest BCUT2D eigenvalue weighted by molar-refractivity contribution is 7.16. The standard InChI is InChI=1S/C23H24N2O5S/c1-4-27-17-11-14(12-18(28-5-2)21(17)29-6-3)22(26)25-23-24-20-15-9-7-8-10-16(15)30-13-19(20)31-23/h7-12H,4-6,13H2,1-3H3,(H,24,25,26). The number of aromatic nitrogens is 1. The van der Waals surface area contributed by atoms with Crippen LogP contribution in [0.5, 0.6) is 23.0 Å². The molecule has 1 aliphatic rings. The second-order valence-corrected chi connectivity index (χ2v) is 7.71. The molecule has 162 valence electrons. The van der Waals surface area contributed by atoms with Crippen molar-refractivity contribution in [3.63, 3.8) is 0 Å². The molecule has 0 unspecified atom stereocenters. The Morgan fingerprint density at radius 1 is 1.06 bits per heavy atom. The summed E-state index contributed by atoms with van der Waals surface area (Å²) in [5, 5.41) is 3.41. The number of hydrogen-bond donors (Lipinski definition) is 1. The van der Waals surface area contributed by atoms with Crippen molar-refractivity contribution in [2.24, 2.45) is 0 Å². The van der Waals surface area contributed by atoms with E-state index in [1.165, 1.54) is 11.3 Å². The molecule has 0 fully saturated rings. The van der Waals surface area contributed by atoms with E-state index in [1.807, 2.05) is 45.0 Å². The maximum absolute atomic E-state index is 13.0. The van der Waals surface area contributed by atoms with Gasteiger partial charge in [-0.2, -0.15) is 0 Å². The maximum atomic E-state index is 13.0. The minimum Gasteiger partial charge on any atom is -0.490 e. The number of carbonyl (C=O) groups is 1. The van der Waals surface area contributed by atoms with Crippen LogP contribution in [0, 0.1) is 0 Å². The molecule has 0 spiro atoms. The molecule has 1 amide bonds. The van der Waals surface area contributed by atoms with Crippen molar-refractivity contribution in [2.75, 3.05) is 25.1 Å². The lowest BCUT2D eigenvalue weighted by molar-refractivity contribution is 0.102. The lowest BCUT2D eigenvalue weighted by Gasteiger charge is -2.16.